The highest BCUT2D eigenvalue weighted by atomic mass is 16.5. The van der Waals surface area contributed by atoms with Gasteiger partial charge in [-0.25, -0.2) is 0 Å². The smallest absolute Gasteiger partial charge is 0.0693 e. The molecule has 0 amide bonds. The van der Waals surface area contributed by atoms with E-state index >= 15 is 0 Å². The second kappa shape index (κ2) is 29.9. The molecule has 0 atom stereocenters. The maximum atomic E-state index is 7.94. The van der Waals surface area contributed by atoms with Gasteiger partial charge >= 0.3 is 0 Å². The van der Waals surface area contributed by atoms with E-state index in [1.807, 2.05) is 6.92 Å². The van der Waals surface area contributed by atoms with Crippen molar-refractivity contribution >= 4 is 0 Å². The first-order chi connectivity index (χ1) is 6.24. The van der Waals surface area contributed by atoms with Gasteiger partial charge in [0.15, 0.2) is 0 Å². The summed E-state index contributed by atoms with van der Waals surface area (Å²) in [6.45, 7) is 6.38. The van der Waals surface area contributed by atoms with Crippen LogP contribution in [-0.4, -0.2) is 50.9 Å². The van der Waals surface area contributed by atoms with Crippen molar-refractivity contribution in [2.45, 2.75) is 6.92 Å². The molecule has 0 bridgehead atoms. The standard InChI is InChI=1S/2C3H8O2.C3H6/c2*1-5-3-2-4;1-3-2/h2*4H,2-3H2,1H3;3H,1H2,2H3. The fourth-order valence-electron chi connectivity index (χ4n) is 0.183. The van der Waals surface area contributed by atoms with Crippen molar-refractivity contribution in [3.63, 3.8) is 0 Å². The van der Waals surface area contributed by atoms with Crippen LogP contribution in [0.25, 0.3) is 0 Å². The van der Waals surface area contributed by atoms with Crippen LogP contribution in [0.4, 0.5) is 0 Å². The molecule has 0 saturated heterocycles. The lowest BCUT2D eigenvalue weighted by molar-refractivity contribution is 0.135. The molecule has 0 aliphatic heterocycles. The summed E-state index contributed by atoms with van der Waals surface area (Å²) in [6, 6.07) is 0. The Balaban J connectivity index is -0.000000120. The summed E-state index contributed by atoms with van der Waals surface area (Å²) in [5.74, 6) is 0. The van der Waals surface area contributed by atoms with E-state index in [0.29, 0.717) is 13.2 Å². The van der Waals surface area contributed by atoms with Crippen LogP contribution < -0.4 is 0 Å². The zero-order valence-corrected chi connectivity index (χ0v) is 8.82. The van der Waals surface area contributed by atoms with Gasteiger partial charge in [0.25, 0.3) is 0 Å². The molecule has 2 N–H and O–H groups in total. The van der Waals surface area contributed by atoms with Gasteiger partial charge in [0.05, 0.1) is 26.4 Å². The van der Waals surface area contributed by atoms with Gasteiger partial charge < -0.3 is 19.7 Å². The van der Waals surface area contributed by atoms with Crippen molar-refractivity contribution in [3.05, 3.63) is 12.7 Å². The van der Waals surface area contributed by atoms with Crippen LogP contribution >= 0.6 is 0 Å². The summed E-state index contributed by atoms with van der Waals surface area (Å²) in [7, 11) is 3.10. The first kappa shape index (κ1) is 18.4. The van der Waals surface area contributed by atoms with Gasteiger partial charge in [0.2, 0.25) is 0 Å². The lowest BCUT2D eigenvalue weighted by atomic mass is 10.8. The quantitative estimate of drug-likeness (QED) is 0.638. The first-order valence-corrected chi connectivity index (χ1v) is 4.01. The molecular formula is C9H22O4. The molecule has 0 aliphatic rings. The van der Waals surface area contributed by atoms with Crippen molar-refractivity contribution in [3.8, 4) is 0 Å². The zero-order valence-electron chi connectivity index (χ0n) is 8.82. The van der Waals surface area contributed by atoms with E-state index in [2.05, 4.69) is 16.1 Å². The predicted molar refractivity (Wildman–Crippen MR) is 53.8 cm³/mol. The van der Waals surface area contributed by atoms with Gasteiger partial charge in [0, 0.05) is 14.2 Å². The molecule has 0 aliphatic carbocycles. The summed E-state index contributed by atoms with van der Waals surface area (Å²) in [6.07, 6.45) is 1.75. The Hall–Kier alpha value is -0.420. The maximum absolute atomic E-state index is 7.94. The highest BCUT2D eigenvalue weighted by Gasteiger charge is 1.67. The van der Waals surface area contributed by atoms with Crippen LogP contribution in [0.2, 0.25) is 0 Å². The Bertz CT molecular complexity index is 56.6. The number of aliphatic hydroxyl groups is 2. The fraction of sp³-hybridized carbons (Fsp3) is 0.778. The fourth-order valence-corrected chi connectivity index (χ4v) is 0.183. The van der Waals surface area contributed by atoms with Gasteiger partial charge in [0.1, 0.15) is 0 Å². The highest BCUT2D eigenvalue weighted by Crippen LogP contribution is 1.57. The van der Waals surface area contributed by atoms with E-state index in [0.717, 1.165) is 0 Å². The molecule has 0 aromatic carbocycles. The SMILES string of the molecule is C=CC.COCCO.COCCO. The number of methoxy groups -OCH3 is 2. The van der Waals surface area contributed by atoms with Crippen molar-refractivity contribution in [1.29, 1.82) is 0 Å². The van der Waals surface area contributed by atoms with Gasteiger partial charge in [-0.05, 0) is 6.92 Å². The van der Waals surface area contributed by atoms with Crippen LogP contribution in [0.3, 0.4) is 0 Å². The molecule has 0 unspecified atom stereocenters. The summed E-state index contributed by atoms with van der Waals surface area (Å²) < 4.78 is 8.88. The van der Waals surface area contributed by atoms with Crippen molar-refractivity contribution in [2.75, 3.05) is 40.6 Å². The molecule has 0 heterocycles. The minimum absolute atomic E-state index is 0.122. The average molecular weight is 194 g/mol. The minimum Gasteiger partial charge on any atom is -0.394 e. The van der Waals surface area contributed by atoms with Crippen molar-refractivity contribution in [2.24, 2.45) is 0 Å². The highest BCUT2D eigenvalue weighted by molar-refractivity contribution is 4.51. The second-order valence-corrected chi connectivity index (χ2v) is 1.84. The Morgan fingerprint density at radius 2 is 1.31 bits per heavy atom. The molecule has 0 fully saturated rings. The second-order valence-electron chi connectivity index (χ2n) is 1.84. The Kier molecular flexibility index (Phi) is 42.3. The molecule has 82 valence electrons. The number of ether oxygens (including phenoxy) is 2. The maximum Gasteiger partial charge on any atom is 0.0693 e. The lowest BCUT2D eigenvalue weighted by Gasteiger charge is -1.84. The van der Waals surface area contributed by atoms with Crippen molar-refractivity contribution in [1.82, 2.24) is 0 Å². The van der Waals surface area contributed by atoms with E-state index in [9.17, 15) is 0 Å². The summed E-state index contributed by atoms with van der Waals surface area (Å²) >= 11 is 0. The molecule has 0 aromatic rings. The topological polar surface area (TPSA) is 58.9 Å². The minimum atomic E-state index is 0.122. The third-order valence-corrected chi connectivity index (χ3v) is 0.591. The molecule has 0 spiro atoms. The Morgan fingerprint density at radius 3 is 1.31 bits per heavy atom. The third-order valence-electron chi connectivity index (χ3n) is 0.591. The molecule has 0 rings (SSSR count). The largest absolute Gasteiger partial charge is 0.394 e. The van der Waals surface area contributed by atoms with Crippen LogP contribution in [0.5, 0.6) is 0 Å². The molecule has 4 heteroatoms. The van der Waals surface area contributed by atoms with Crippen LogP contribution in [0.1, 0.15) is 6.92 Å². The van der Waals surface area contributed by atoms with E-state index in [4.69, 9.17) is 10.2 Å². The Labute approximate surface area is 80.8 Å². The van der Waals surface area contributed by atoms with Crippen LogP contribution in [0, 0.1) is 0 Å². The van der Waals surface area contributed by atoms with Crippen LogP contribution in [-0.2, 0) is 9.47 Å². The molecule has 0 aromatic heterocycles. The van der Waals surface area contributed by atoms with E-state index in [1.165, 1.54) is 0 Å². The molecule has 0 saturated carbocycles. The lowest BCUT2D eigenvalue weighted by Crippen LogP contribution is -1.91. The van der Waals surface area contributed by atoms with E-state index in [1.54, 1.807) is 20.3 Å². The summed E-state index contributed by atoms with van der Waals surface area (Å²) in [4.78, 5) is 0. The predicted octanol–water partition coefficient (Wildman–Crippen LogP) is 0.442. The van der Waals surface area contributed by atoms with Gasteiger partial charge in [-0.1, -0.05) is 6.08 Å². The van der Waals surface area contributed by atoms with E-state index < -0.39 is 0 Å². The van der Waals surface area contributed by atoms with Gasteiger partial charge in [-0.3, -0.25) is 0 Å². The number of hydrogen-bond acceptors (Lipinski definition) is 4. The summed E-state index contributed by atoms with van der Waals surface area (Å²) in [5, 5.41) is 15.9. The number of aliphatic hydroxyl groups excluding tert-OH is 2. The van der Waals surface area contributed by atoms with E-state index in [-0.39, 0.29) is 13.2 Å². The van der Waals surface area contributed by atoms with Gasteiger partial charge in [-0.2, -0.15) is 0 Å². The molecular weight excluding hydrogens is 172 g/mol. The zero-order chi connectivity index (χ0) is 10.9. The van der Waals surface area contributed by atoms with Gasteiger partial charge in [-0.15, -0.1) is 6.58 Å². The first-order valence-electron chi connectivity index (χ1n) is 4.01. The molecule has 13 heavy (non-hydrogen) atoms. The number of hydrogen-bond donors (Lipinski definition) is 2. The molecule has 4 nitrogen and oxygen atoms in total. The number of rotatable bonds is 4. The molecule has 0 radical (unpaired) electrons. The third kappa shape index (κ3) is 82.9. The Morgan fingerprint density at radius 1 is 1.08 bits per heavy atom. The monoisotopic (exact) mass is 194 g/mol. The summed E-state index contributed by atoms with van der Waals surface area (Å²) in [5.41, 5.74) is 0. The average Bonchev–Trinajstić information content (AvgIpc) is 2.09. The van der Waals surface area contributed by atoms with Crippen LogP contribution in [0.15, 0.2) is 12.7 Å². The normalized spacial score (nSPS) is 7.46. The van der Waals surface area contributed by atoms with Crippen molar-refractivity contribution < 1.29 is 19.7 Å². The number of allylic oxidation sites excluding steroid dienone is 1.